The fourth-order valence-corrected chi connectivity index (χ4v) is 2.53. The highest BCUT2D eigenvalue weighted by Crippen LogP contribution is 2.24. The summed E-state index contributed by atoms with van der Waals surface area (Å²) in [4.78, 5) is 16.2. The molecule has 0 spiro atoms. The SMILES string of the molecule is Cc1cccc(N2CCN(C(=O)OC(C)(C)C)CC2)c1C. The molecule has 1 aliphatic rings. The topological polar surface area (TPSA) is 32.8 Å². The molecule has 116 valence electrons. The summed E-state index contributed by atoms with van der Waals surface area (Å²) in [5.41, 5.74) is 3.48. The van der Waals surface area contributed by atoms with Crippen molar-refractivity contribution in [3.63, 3.8) is 0 Å². The smallest absolute Gasteiger partial charge is 0.410 e. The molecule has 1 amide bonds. The van der Waals surface area contributed by atoms with Crippen molar-refractivity contribution in [1.29, 1.82) is 0 Å². The van der Waals surface area contributed by atoms with Crippen molar-refractivity contribution in [2.45, 2.75) is 40.2 Å². The molecule has 0 unspecified atom stereocenters. The number of anilines is 1. The molecule has 2 rings (SSSR count). The number of carbonyl (C=O) groups excluding carboxylic acids is 1. The van der Waals surface area contributed by atoms with Gasteiger partial charge in [0.15, 0.2) is 0 Å². The maximum Gasteiger partial charge on any atom is 0.410 e. The van der Waals surface area contributed by atoms with Gasteiger partial charge in [-0.05, 0) is 51.8 Å². The highest BCUT2D eigenvalue weighted by molar-refractivity contribution is 5.69. The van der Waals surface area contributed by atoms with Crippen molar-refractivity contribution >= 4 is 11.8 Å². The molecule has 0 saturated carbocycles. The van der Waals surface area contributed by atoms with Crippen LogP contribution in [0.15, 0.2) is 18.2 Å². The molecule has 0 N–H and O–H groups in total. The minimum Gasteiger partial charge on any atom is -0.444 e. The molecule has 4 nitrogen and oxygen atoms in total. The van der Waals surface area contributed by atoms with Gasteiger partial charge in [0.05, 0.1) is 0 Å². The first kappa shape index (κ1) is 15.7. The van der Waals surface area contributed by atoms with E-state index in [-0.39, 0.29) is 6.09 Å². The first-order valence-electron chi connectivity index (χ1n) is 7.57. The van der Waals surface area contributed by atoms with E-state index >= 15 is 0 Å². The van der Waals surface area contributed by atoms with E-state index in [9.17, 15) is 4.79 Å². The predicted octanol–water partition coefficient (Wildman–Crippen LogP) is 3.36. The second-order valence-electron chi connectivity index (χ2n) is 6.67. The number of piperazine rings is 1. The summed E-state index contributed by atoms with van der Waals surface area (Å²) >= 11 is 0. The van der Waals surface area contributed by atoms with Crippen molar-refractivity contribution in [3.05, 3.63) is 29.3 Å². The Kier molecular flexibility index (Phi) is 4.45. The Morgan fingerprint density at radius 2 is 1.71 bits per heavy atom. The summed E-state index contributed by atoms with van der Waals surface area (Å²) < 4.78 is 5.43. The van der Waals surface area contributed by atoms with Crippen LogP contribution in [0.5, 0.6) is 0 Å². The number of benzene rings is 1. The molecule has 1 fully saturated rings. The van der Waals surface area contributed by atoms with E-state index in [2.05, 4.69) is 36.9 Å². The molecule has 1 heterocycles. The van der Waals surface area contributed by atoms with Gasteiger partial charge < -0.3 is 14.5 Å². The zero-order valence-corrected chi connectivity index (χ0v) is 13.8. The van der Waals surface area contributed by atoms with Crippen LogP contribution in [-0.2, 0) is 4.74 Å². The van der Waals surface area contributed by atoms with E-state index < -0.39 is 5.60 Å². The van der Waals surface area contributed by atoms with Gasteiger partial charge in [-0.1, -0.05) is 12.1 Å². The zero-order chi connectivity index (χ0) is 15.6. The monoisotopic (exact) mass is 290 g/mol. The van der Waals surface area contributed by atoms with Crippen LogP contribution in [0, 0.1) is 13.8 Å². The van der Waals surface area contributed by atoms with Gasteiger partial charge in [-0.2, -0.15) is 0 Å². The van der Waals surface area contributed by atoms with Gasteiger partial charge in [-0.15, -0.1) is 0 Å². The van der Waals surface area contributed by atoms with Crippen LogP contribution in [0.4, 0.5) is 10.5 Å². The molecule has 1 aromatic carbocycles. The van der Waals surface area contributed by atoms with Crippen LogP contribution in [0.3, 0.4) is 0 Å². The quantitative estimate of drug-likeness (QED) is 0.795. The van der Waals surface area contributed by atoms with Crippen LogP contribution >= 0.6 is 0 Å². The van der Waals surface area contributed by atoms with Crippen LogP contribution in [0.2, 0.25) is 0 Å². The number of amides is 1. The van der Waals surface area contributed by atoms with Crippen molar-refractivity contribution < 1.29 is 9.53 Å². The molecule has 4 heteroatoms. The molecule has 1 saturated heterocycles. The Labute approximate surface area is 127 Å². The van der Waals surface area contributed by atoms with Crippen LogP contribution < -0.4 is 4.90 Å². The number of hydrogen-bond acceptors (Lipinski definition) is 3. The number of hydrogen-bond donors (Lipinski definition) is 0. The lowest BCUT2D eigenvalue weighted by Gasteiger charge is -2.37. The largest absolute Gasteiger partial charge is 0.444 e. The zero-order valence-electron chi connectivity index (χ0n) is 13.8. The summed E-state index contributed by atoms with van der Waals surface area (Å²) in [5.74, 6) is 0. The fraction of sp³-hybridized carbons (Fsp3) is 0.588. The average Bonchev–Trinajstić information content (AvgIpc) is 2.40. The molecule has 0 radical (unpaired) electrons. The van der Waals surface area contributed by atoms with Crippen LogP contribution in [0.1, 0.15) is 31.9 Å². The number of carbonyl (C=O) groups is 1. The third-order valence-electron chi connectivity index (χ3n) is 3.85. The lowest BCUT2D eigenvalue weighted by molar-refractivity contribution is 0.0240. The van der Waals surface area contributed by atoms with Crippen molar-refractivity contribution in [2.24, 2.45) is 0 Å². The Morgan fingerprint density at radius 1 is 1.10 bits per heavy atom. The van der Waals surface area contributed by atoms with Crippen molar-refractivity contribution in [2.75, 3.05) is 31.1 Å². The van der Waals surface area contributed by atoms with Gasteiger partial charge in [0.2, 0.25) is 0 Å². The van der Waals surface area contributed by atoms with E-state index in [1.807, 2.05) is 20.8 Å². The van der Waals surface area contributed by atoms with E-state index in [0.29, 0.717) is 13.1 Å². The number of ether oxygens (including phenoxy) is 1. The highest BCUT2D eigenvalue weighted by atomic mass is 16.6. The Balaban J connectivity index is 1.97. The highest BCUT2D eigenvalue weighted by Gasteiger charge is 2.26. The normalized spacial score (nSPS) is 16.0. The number of nitrogens with zero attached hydrogens (tertiary/aromatic N) is 2. The summed E-state index contributed by atoms with van der Waals surface area (Å²) in [6.07, 6.45) is -0.205. The molecular weight excluding hydrogens is 264 g/mol. The summed E-state index contributed by atoms with van der Waals surface area (Å²) in [6, 6.07) is 6.39. The number of aryl methyl sites for hydroxylation is 1. The Bertz CT molecular complexity index is 512. The standard InChI is InChI=1S/C17H26N2O2/c1-13-7-6-8-15(14(13)2)18-9-11-19(12-10-18)16(20)21-17(3,4)5/h6-8H,9-12H2,1-5H3. The molecule has 21 heavy (non-hydrogen) atoms. The summed E-state index contributed by atoms with van der Waals surface area (Å²) in [7, 11) is 0. The molecule has 1 aromatic rings. The molecular formula is C17H26N2O2. The second-order valence-corrected chi connectivity index (χ2v) is 6.67. The summed E-state index contributed by atoms with van der Waals surface area (Å²) in [5, 5.41) is 0. The Morgan fingerprint density at radius 3 is 2.29 bits per heavy atom. The van der Waals surface area contributed by atoms with E-state index in [1.54, 1.807) is 4.90 Å². The van der Waals surface area contributed by atoms with Gasteiger partial charge in [0, 0.05) is 31.9 Å². The third-order valence-corrected chi connectivity index (χ3v) is 3.85. The molecule has 0 bridgehead atoms. The van der Waals surface area contributed by atoms with Crippen LogP contribution in [-0.4, -0.2) is 42.8 Å². The Hall–Kier alpha value is -1.71. The first-order valence-corrected chi connectivity index (χ1v) is 7.57. The van der Waals surface area contributed by atoms with Crippen molar-refractivity contribution in [3.8, 4) is 0 Å². The van der Waals surface area contributed by atoms with E-state index in [0.717, 1.165) is 13.1 Å². The van der Waals surface area contributed by atoms with Gasteiger partial charge in [-0.25, -0.2) is 4.79 Å². The minimum absolute atomic E-state index is 0.205. The van der Waals surface area contributed by atoms with Gasteiger partial charge >= 0.3 is 6.09 Å². The molecule has 0 aromatic heterocycles. The maximum atomic E-state index is 12.1. The second kappa shape index (κ2) is 5.96. The predicted molar refractivity (Wildman–Crippen MR) is 85.9 cm³/mol. The van der Waals surface area contributed by atoms with Gasteiger partial charge in [-0.3, -0.25) is 0 Å². The van der Waals surface area contributed by atoms with E-state index in [1.165, 1.54) is 16.8 Å². The number of rotatable bonds is 1. The maximum absolute atomic E-state index is 12.1. The first-order chi connectivity index (χ1) is 9.78. The van der Waals surface area contributed by atoms with Crippen molar-refractivity contribution in [1.82, 2.24) is 4.90 Å². The van der Waals surface area contributed by atoms with Gasteiger partial charge in [0.1, 0.15) is 5.60 Å². The molecule has 0 aliphatic carbocycles. The minimum atomic E-state index is -0.429. The third kappa shape index (κ3) is 3.90. The van der Waals surface area contributed by atoms with E-state index in [4.69, 9.17) is 4.74 Å². The fourth-order valence-electron chi connectivity index (χ4n) is 2.53. The average molecular weight is 290 g/mol. The van der Waals surface area contributed by atoms with Gasteiger partial charge in [0.25, 0.3) is 0 Å². The lowest BCUT2D eigenvalue weighted by atomic mass is 10.1. The molecule has 0 atom stereocenters. The summed E-state index contributed by atoms with van der Waals surface area (Å²) in [6.45, 7) is 13.1. The molecule has 1 aliphatic heterocycles. The van der Waals surface area contributed by atoms with Crippen LogP contribution in [0.25, 0.3) is 0 Å². The lowest BCUT2D eigenvalue weighted by Crippen LogP contribution is -2.50.